The Balaban J connectivity index is 2.06. The van der Waals surface area contributed by atoms with E-state index in [-0.39, 0.29) is 17.1 Å². The van der Waals surface area contributed by atoms with Crippen LogP contribution in [0.15, 0.2) is 23.0 Å². The van der Waals surface area contributed by atoms with E-state index in [9.17, 15) is 4.79 Å². The number of thiazole rings is 1. The van der Waals surface area contributed by atoms with Crippen molar-refractivity contribution in [3.05, 3.63) is 27.9 Å². The van der Waals surface area contributed by atoms with E-state index in [2.05, 4.69) is 9.88 Å². The average molecular weight is 264 g/mol. The Labute approximate surface area is 108 Å². The predicted octanol–water partition coefficient (Wildman–Crippen LogP) is 0.802. The molecule has 1 aromatic carbocycles. The molecule has 2 atom stereocenters. The Morgan fingerprint density at radius 2 is 2.22 bits per heavy atom. The molecular formula is C12H16N4OS. The van der Waals surface area contributed by atoms with Crippen LogP contribution in [0.25, 0.3) is 10.2 Å². The van der Waals surface area contributed by atoms with Crippen LogP contribution in [0.1, 0.15) is 12.8 Å². The van der Waals surface area contributed by atoms with E-state index < -0.39 is 0 Å². The van der Waals surface area contributed by atoms with Crippen molar-refractivity contribution in [3.63, 3.8) is 0 Å². The lowest BCUT2D eigenvalue weighted by atomic mass is 10.0. The molecule has 0 bridgehead atoms. The number of anilines is 1. The van der Waals surface area contributed by atoms with Gasteiger partial charge in [-0.3, -0.25) is 4.79 Å². The molecule has 2 heterocycles. The van der Waals surface area contributed by atoms with Gasteiger partial charge in [0.1, 0.15) is 0 Å². The Morgan fingerprint density at radius 1 is 1.39 bits per heavy atom. The molecule has 1 aromatic heterocycles. The minimum absolute atomic E-state index is 0.0280. The number of fused-ring (bicyclic) bond motifs is 1. The minimum Gasteiger partial charge on any atom is -0.354 e. The number of aromatic amines is 1. The van der Waals surface area contributed by atoms with Crippen LogP contribution in [-0.2, 0) is 0 Å². The largest absolute Gasteiger partial charge is 0.354 e. The van der Waals surface area contributed by atoms with Crippen LogP contribution < -0.4 is 21.2 Å². The second-order valence-electron chi connectivity index (χ2n) is 4.71. The van der Waals surface area contributed by atoms with E-state index in [1.807, 2.05) is 18.2 Å². The highest BCUT2D eigenvalue weighted by Crippen LogP contribution is 2.29. The van der Waals surface area contributed by atoms with Gasteiger partial charge in [-0.1, -0.05) is 17.4 Å². The van der Waals surface area contributed by atoms with Gasteiger partial charge in [0.15, 0.2) is 0 Å². The number of H-pyrrole nitrogens is 1. The molecule has 1 fully saturated rings. The maximum atomic E-state index is 11.5. The Morgan fingerprint density at radius 3 is 3.00 bits per heavy atom. The van der Waals surface area contributed by atoms with E-state index in [0.717, 1.165) is 35.3 Å². The molecule has 1 saturated heterocycles. The maximum Gasteiger partial charge on any atom is 0.305 e. The minimum atomic E-state index is -0.0808. The van der Waals surface area contributed by atoms with E-state index in [0.29, 0.717) is 0 Å². The summed E-state index contributed by atoms with van der Waals surface area (Å²) in [6.45, 7) is 0.833. The number of nitrogens with one attached hydrogen (secondary N) is 1. The molecule has 18 heavy (non-hydrogen) atoms. The zero-order chi connectivity index (χ0) is 12.7. The van der Waals surface area contributed by atoms with E-state index in [4.69, 9.17) is 11.5 Å². The van der Waals surface area contributed by atoms with Crippen LogP contribution >= 0.6 is 11.3 Å². The number of hydrogen-bond acceptors (Lipinski definition) is 5. The van der Waals surface area contributed by atoms with Gasteiger partial charge in [0.05, 0.1) is 22.1 Å². The number of piperidine rings is 1. The molecule has 1 aliphatic rings. The summed E-state index contributed by atoms with van der Waals surface area (Å²) in [5, 5.41) is 0. The zero-order valence-corrected chi connectivity index (χ0v) is 10.7. The van der Waals surface area contributed by atoms with Crippen molar-refractivity contribution in [2.75, 3.05) is 11.4 Å². The van der Waals surface area contributed by atoms with Gasteiger partial charge in [0, 0.05) is 12.6 Å². The molecule has 5 N–H and O–H groups in total. The van der Waals surface area contributed by atoms with Crippen LogP contribution in [0.5, 0.6) is 0 Å². The third kappa shape index (κ3) is 1.92. The van der Waals surface area contributed by atoms with Crippen molar-refractivity contribution in [2.24, 2.45) is 11.5 Å². The van der Waals surface area contributed by atoms with Crippen molar-refractivity contribution in [3.8, 4) is 0 Å². The molecular weight excluding hydrogens is 248 g/mol. The average Bonchev–Trinajstić information content (AvgIpc) is 2.69. The highest BCUT2D eigenvalue weighted by molar-refractivity contribution is 7.16. The lowest BCUT2D eigenvalue weighted by Gasteiger charge is -2.37. The fourth-order valence-corrected chi connectivity index (χ4v) is 3.28. The van der Waals surface area contributed by atoms with Crippen molar-refractivity contribution in [1.82, 2.24) is 4.98 Å². The zero-order valence-electron chi connectivity index (χ0n) is 9.93. The second kappa shape index (κ2) is 4.38. The monoisotopic (exact) mass is 264 g/mol. The molecule has 6 heteroatoms. The van der Waals surface area contributed by atoms with Crippen molar-refractivity contribution in [1.29, 1.82) is 0 Å². The van der Waals surface area contributed by atoms with Gasteiger partial charge in [-0.2, -0.15) is 0 Å². The van der Waals surface area contributed by atoms with E-state index in [1.165, 1.54) is 11.3 Å². The number of para-hydroxylation sites is 1. The number of nitrogens with zero attached hydrogens (tertiary/aromatic N) is 1. The maximum absolute atomic E-state index is 11.5. The van der Waals surface area contributed by atoms with Crippen LogP contribution in [0.3, 0.4) is 0 Å². The summed E-state index contributed by atoms with van der Waals surface area (Å²) >= 11 is 1.23. The number of aromatic nitrogens is 1. The lowest BCUT2D eigenvalue weighted by molar-refractivity contribution is 0.419. The van der Waals surface area contributed by atoms with Gasteiger partial charge in [0.25, 0.3) is 0 Å². The normalized spacial score (nSPS) is 24.7. The molecule has 3 rings (SSSR count). The second-order valence-corrected chi connectivity index (χ2v) is 5.72. The summed E-state index contributed by atoms with van der Waals surface area (Å²) in [6, 6.07) is 6.09. The third-order valence-electron chi connectivity index (χ3n) is 3.43. The first kappa shape index (κ1) is 11.7. The molecule has 0 spiro atoms. The molecule has 5 nitrogen and oxygen atoms in total. The molecule has 0 amide bonds. The quantitative estimate of drug-likeness (QED) is 0.711. The van der Waals surface area contributed by atoms with Gasteiger partial charge in [-0.05, 0) is 25.0 Å². The Kier molecular flexibility index (Phi) is 2.85. The summed E-state index contributed by atoms with van der Waals surface area (Å²) in [6.07, 6.45) is 1.63. The third-order valence-corrected chi connectivity index (χ3v) is 4.28. The highest BCUT2D eigenvalue weighted by Gasteiger charge is 2.25. The molecule has 96 valence electrons. The number of benzene rings is 1. The summed E-state index contributed by atoms with van der Waals surface area (Å²) in [7, 11) is 0. The molecule has 0 saturated carbocycles. The number of nitrogens with two attached hydrogens (primary N) is 2. The molecule has 1 aliphatic heterocycles. The SMILES string of the molecule is NC1CCN(c2cccc3sc(=O)[nH]c23)C(N)C1. The van der Waals surface area contributed by atoms with Crippen LogP contribution in [-0.4, -0.2) is 23.7 Å². The van der Waals surface area contributed by atoms with Crippen LogP contribution in [0.2, 0.25) is 0 Å². The fraction of sp³-hybridized carbons (Fsp3) is 0.417. The van der Waals surface area contributed by atoms with Crippen molar-refractivity contribution >= 4 is 27.2 Å². The van der Waals surface area contributed by atoms with Crippen molar-refractivity contribution < 1.29 is 0 Å². The first-order valence-corrected chi connectivity index (χ1v) is 6.86. The molecule has 0 aliphatic carbocycles. The predicted molar refractivity (Wildman–Crippen MR) is 75.0 cm³/mol. The first-order valence-electron chi connectivity index (χ1n) is 6.05. The number of hydrogen-bond donors (Lipinski definition) is 3. The van der Waals surface area contributed by atoms with Gasteiger partial charge in [0.2, 0.25) is 0 Å². The van der Waals surface area contributed by atoms with Crippen molar-refractivity contribution in [2.45, 2.75) is 25.0 Å². The summed E-state index contributed by atoms with van der Waals surface area (Å²) < 4.78 is 0.972. The van der Waals surface area contributed by atoms with E-state index >= 15 is 0 Å². The lowest BCUT2D eigenvalue weighted by Crippen LogP contribution is -2.51. The summed E-state index contributed by atoms with van der Waals surface area (Å²) in [4.78, 5) is 16.4. The van der Waals surface area contributed by atoms with Gasteiger partial charge >= 0.3 is 4.87 Å². The van der Waals surface area contributed by atoms with E-state index in [1.54, 1.807) is 0 Å². The Hall–Kier alpha value is -1.37. The standard InChI is InChI=1S/C12H16N4OS/c13-7-4-5-16(10(14)6-7)8-2-1-3-9-11(8)15-12(17)18-9/h1-3,7,10H,4-6,13-14H2,(H,15,17). The first-order chi connectivity index (χ1) is 8.65. The number of rotatable bonds is 1. The summed E-state index contributed by atoms with van der Waals surface area (Å²) in [5.41, 5.74) is 14.0. The summed E-state index contributed by atoms with van der Waals surface area (Å²) in [5.74, 6) is 0. The molecule has 0 radical (unpaired) electrons. The van der Waals surface area contributed by atoms with Gasteiger partial charge < -0.3 is 21.4 Å². The molecule has 2 unspecified atom stereocenters. The highest BCUT2D eigenvalue weighted by atomic mass is 32.1. The van der Waals surface area contributed by atoms with Gasteiger partial charge in [-0.25, -0.2) is 0 Å². The Bertz CT molecular complexity index is 620. The van der Waals surface area contributed by atoms with Gasteiger partial charge in [-0.15, -0.1) is 0 Å². The van der Waals surface area contributed by atoms with Crippen LogP contribution in [0, 0.1) is 0 Å². The molecule has 2 aromatic rings. The smallest absolute Gasteiger partial charge is 0.305 e. The topological polar surface area (TPSA) is 88.1 Å². The van der Waals surface area contributed by atoms with Crippen LogP contribution in [0.4, 0.5) is 5.69 Å². The fourth-order valence-electron chi connectivity index (χ4n) is 2.52.